The molecule has 0 saturated carbocycles. The SMILES string of the molecule is CCc1c(F)ccc2cc(O)cc(-c3ccc4c(N5CC6CCC(C5)N6)nc(OC[C@]56CCCN5[C@@H](COC(=O)N(C)C)CC6)nc4c3)c12. The lowest BCUT2D eigenvalue weighted by Gasteiger charge is -2.35. The van der Waals surface area contributed by atoms with Crippen LogP contribution < -0.4 is 15.0 Å². The van der Waals surface area contributed by atoms with Crippen LogP contribution in [0.25, 0.3) is 32.8 Å². The molecule has 4 aromatic rings. The van der Waals surface area contributed by atoms with E-state index in [1.54, 1.807) is 32.3 Å². The molecule has 3 aromatic carbocycles. The van der Waals surface area contributed by atoms with Crippen LogP contribution in [0.5, 0.6) is 11.8 Å². The van der Waals surface area contributed by atoms with Gasteiger partial charge in [0.1, 0.15) is 30.6 Å². The first-order valence-electron chi connectivity index (χ1n) is 17.7. The number of hydrogen-bond acceptors (Lipinski definition) is 9. The summed E-state index contributed by atoms with van der Waals surface area (Å²) in [5, 5.41) is 17.0. The number of amides is 1. The fourth-order valence-electron chi connectivity index (χ4n) is 8.89. The van der Waals surface area contributed by atoms with Crippen LogP contribution in [0.1, 0.15) is 51.0 Å². The summed E-state index contributed by atoms with van der Waals surface area (Å²) >= 11 is 0. The fraction of sp³-hybridized carbons (Fsp3) is 0.500. The lowest BCUT2D eigenvalue weighted by molar-refractivity contribution is 0.0484. The van der Waals surface area contributed by atoms with Gasteiger partial charge in [0.25, 0.3) is 0 Å². The standard InChI is InChI=1S/C38H45FN6O4/c1-4-29-32(39)11-7-24-16-28(46)18-31(34(24)29)23-6-10-30-33(17-23)41-36(42-35(30)44-19-25-8-9-26(20-44)40-25)49-22-38-13-5-15-45(38)27(12-14-38)21-48-37(47)43(2)3/h6-7,10-11,16-18,25-27,40,46H,4-5,8-9,12-15,19-22H2,1-3H3/t25?,26?,27-,38-/m1/s1. The zero-order valence-electron chi connectivity index (χ0n) is 28.5. The second-order valence-electron chi connectivity index (χ2n) is 14.5. The van der Waals surface area contributed by atoms with Gasteiger partial charge in [-0.3, -0.25) is 4.90 Å². The van der Waals surface area contributed by atoms with E-state index in [4.69, 9.17) is 19.4 Å². The van der Waals surface area contributed by atoms with Gasteiger partial charge in [0.05, 0.1) is 11.1 Å². The molecule has 10 nitrogen and oxygen atoms in total. The normalized spacial score (nSPS) is 24.9. The smallest absolute Gasteiger partial charge is 0.409 e. The van der Waals surface area contributed by atoms with Crippen molar-refractivity contribution in [1.29, 1.82) is 0 Å². The Bertz CT molecular complexity index is 1910. The van der Waals surface area contributed by atoms with E-state index in [1.165, 1.54) is 11.0 Å². The predicted octanol–water partition coefficient (Wildman–Crippen LogP) is 5.87. The summed E-state index contributed by atoms with van der Waals surface area (Å²) in [5.41, 5.74) is 2.84. The maximum Gasteiger partial charge on any atom is 0.409 e. The Labute approximate surface area is 286 Å². The van der Waals surface area contributed by atoms with Gasteiger partial charge in [0.15, 0.2) is 0 Å². The molecule has 4 atom stereocenters. The van der Waals surface area contributed by atoms with Crippen LogP contribution in [0.4, 0.5) is 15.0 Å². The summed E-state index contributed by atoms with van der Waals surface area (Å²) in [6.45, 7) is 5.46. The van der Waals surface area contributed by atoms with Gasteiger partial charge in [0.2, 0.25) is 0 Å². The summed E-state index contributed by atoms with van der Waals surface area (Å²) in [5.74, 6) is 0.750. The molecular weight excluding hydrogens is 623 g/mol. The van der Waals surface area contributed by atoms with Crippen molar-refractivity contribution in [2.45, 2.75) is 75.5 Å². The number of fused-ring (bicyclic) bond motifs is 5. The molecule has 0 radical (unpaired) electrons. The second-order valence-corrected chi connectivity index (χ2v) is 14.5. The number of phenols is 1. The molecule has 0 aliphatic carbocycles. The minimum Gasteiger partial charge on any atom is -0.508 e. The Balaban J connectivity index is 1.15. The number of nitrogens with one attached hydrogen (secondary N) is 1. The average molecular weight is 669 g/mol. The van der Waals surface area contributed by atoms with Crippen molar-refractivity contribution in [3.8, 4) is 22.9 Å². The number of rotatable bonds is 8. The summed E-state index contributed by atoms with van der Waals surface area (Å²) < 4.78 is 27.2. The third-order valence-electron chi connectivity index (χ3n) is 11.3. The van der Waals surface area contributed by atoms with Crippen LogP contribution in [-0.4, -0.2) is 102 Å². The van der Waals surface area contributed by atoms with Gasteiger partial charge >= 0.3 is 12.1 Å². The van der Waals surface area contributed by atoms with Crippen LogP contribution in [0.3, 0.4) is 0 Å². The molecule has 4 saturated heterocycles. The van der Waals surface area contributed by atoms with E-state index in [9.17, 15) is 9.90 Å². The highest BCUT2D eigenvalue weighted by atomic mass is 19.1. The van der Waals surface area contributed by atoms with Gasteiger partial charge in [-0.25, -0.2) is 9.18 Å². The number of aryl methyl sites for hydroxylation is 1. The van der Waals surface area contributed by atoms with E-state index in [1.807, 2.05) is 19.1 Å². The minimum absolute atomic E-state index is 0.131. The lowest BCUT2D eigenvalue weighted by atomic mass is 9.92. The van der Waals surface area contributed by atoms with Gasteiger partial charge in [-0.2, -0.15) is 9.97 Å². The predicted molar refractivity (Wildman–Crippen MR) is 188 cm³/mol. The van der Waals surface area contributed by atoms with Crippen molar-refractivity contribution >= 4 is 33.6 Å². The van der Waals surface area contributed by atoms with E-state index in [0.717, 1.165) is 96.8 Å². The van der Waals surface area contributed by atoms with E-state index >= 15 is 4.39 Å². The van der Waals surface area contributed by atoms with Gasteiger partial charge in [-0.15, -0.1) is 0 Å². The Hall–Kier alpha value is -4.22. The van der Waals surface area contributed by atoms with Crippen LogP contribution in [0.15, 0.2) is 42.5 Å². The maximum atomic E-state index is 15.1. The largest absolute Gasteiger partial charge is 0.508 e. The average Bonchev–Trinajstić information content (AvgIpc) is 3.77. The second kappa shape index (κ2) is 12.6. The van der Waals surface area contributed by atoms with Crippen molar-refractivity contribution in [1.82, 2.24) is 25.1 Å². The number of anilines is 1. The van der Waals surface area contributed by atoms with Gasteiger partial charge < -0.3 is 29.7 Å². The van der Waals surface area contributed by atoms with Crippen LogP contribution in [0, 0.1) is 5.82 Å². The molecule has 49 heavy (non-hydrogen) atoms. The number of benzene rings is 3. The monoisotopic (exact) mass is 668 g/mol. The van der Waals surface area contributed by atoms with Crippen molar-refractivity contribution in [3.63, 3.8) is 0 Å². The number of carbonyl (C=O) groups is 1. The molecule has 2 bridgehead atoms. The zero-order valence-corrected chi connectivity index (χ0v) is 28.5. The molecule has 8 rings (SSSR count). The molecule has 1 amide bonds. The fourth-order valence-corrected chi connectivity index (χ4v) is 8.89. The number of aromatic nitrogens is 2. The molecule has 1 aromatic heterocycles. The molecule has 2 unspecified atom stereocenters. The third-order valence-corrected chi connectivity index (χ3v) is 11.3. The number of aromatic hydroxyl groups is 1. The number of halogens is 1. The first kappa shape index (κ1) is 32.0. The van der Waals surface area contributed by atoms with Gasteiger partial charge in [-0.05, 0) is 109 Å². The van der Waals surface area contributed by atoms with E-state index in [-0.39, 0.29) is 29.2 Å². The first-order valence-corrected chi connectivity index (χ1v) is 17.7. The highest BCUT2D eigenvalue weighted by Gasteiger charge is 2.50. The van der Waals surface area contributed by atoms with E-state index < -0.39 is 0 Å². The molecular formula is C38H45FN6O4. The number of nitrogens with zero attached hydrogens (tertiary/aromatic N) is 5. The van der Waals surface area contributed by atoms with Crippen LogP contribution in [-0.2, 0) is 11.2 Å². The van der Waals surface area contributed by atoms with Gasteiger partial charge in [-0.1, -0.05) is 19.1 Å². The quantitative estimate of drug-likeness (QED) is 0.239. The molecule has 4 fully saturated rings. The van der Waals surface area contributed by atoms with Crippen LogP contribution in [0.2, 0.25) is 0 Å². The summed E-state index contributed by atoms with van der Waals surface area (Å²) in [7, 11) is 3.40. The highest BCUT2D eigenvalue weighted by Crippen LogP contribution is 2.43. The Morgan fingerprint density at radius 2 is 1.90 bits per heavy atom. The van der Waals surface area contributed by atoms with E-state index in [2.05, 4.69) is 21.2 Å². The zero-order chi connectivity index (χ0) is 33.9. The first-order chi connectivity index (χ1) is 23.7. The molecule has 11 heteroatoms. The summed E-state index contributed by atoms with van der Waals surface area (Å²) in [6, 6.07) is 14.1. The minimum atomic E-state index is -0.319. The van der Waals surface area contributed by atoms with Crippen molar-refractivity contribution in [2.75, 3.05) is 51.8 Å². The molecule has 0 spiro atoms. The Morgan fingerprint density at radius 1 is 1.08 bits per heavy atom. The molecule has 4 aliphatic heterocycles. The number of carbonyl (C=O) groups excluding carboxylic acids is 1. The van der Waals surface area contributed by atoms with Gasteiger partial charge in [0, 0.05) is 50.7 Å². The van der Waals surface area contributed by atoms with Crippen molar-refractivity contribution in [3.05, 3.63) is 53.8 Å². The van der Waals surface area contributed by atoms with E-state index in [0.29, 0.717) is 43.3 Å². The topological polar surface area (TPSA) is 103 Å². The maximum absolute atomic E-state index is 15.1. The lowest BCUT2D eigenvalue weighted by Crippen LogP contribution is -2.51. The number of hydrogen-bond donors (Lipinski definition) is 2. The third kappa shape index (κ3) is 5.80. The molecule has 5 heterocycles. The number of piperazine rings is 1. The molecule has 4 aliphatic rings. The Morgan fingerprint density at radius 3 is 2.67 bits per heavy atom. The number of ether oxygens (including phenoxy) is 2. The summed E-state index contributed by atoms with van der Waals surface area (Å²) in [4.78, 5) is 28.5. The van der Waals surface area contributed by atoms with Crippen LogP contribution >= 0.6 is 0 Å². The molecule has 258 valence electrons. The summed E-state index contributed by atoms with van der Waals surface area (Å²) in [6.07, 6.45) is 6.50. The molecule has 2 N–H and O–H groups in total. The highest BCUT2D eigenvalue weighted by molar-refractivity contribution is 6.02. The van der Waals surface area contributed by atoms with Crippen molar-refractivity contribution in [2.24, 2.45) is 0 Å². The Kier molecular flexibility index (Phi) is 8.22. The number of phenolic OH excluding ortho intramolecular Hbond substituents is 1. The van der Waals surface area contributed by atoms with Crippen molar-refractivity contribution < 1.29 is 23.8 Å².